The van der Waals surface area contributed by atoms with E-state index in [1.165, 1.54) is 20.1 Å². The molecule has 0 amide bonds. The molecule has 0 N–H and O–H groups in total. The lowest BCUT2D eigenvalue weighted by Gasteiger charge is -2.08. The van der Waals surface area contributed by atoms with Crippen molar-refractivity contribution in [2.24, 2.45) is 0 Å². The van der Waals surface area contributed by atoms with E-state index in [1.54, 1.807) is 18.2 Å². The van der Waals surface area contributed by atoms with E-state index in [0.29, 0.717) is 16.9 Å². The van der Waals surface area contributed by atoms with Crippen LogP contribution < -0.4 is 10.4 Å². The van der Waals surface area contributed by atoms with Crippen LogP contribution in [0.15, 0.2) is 33.5 Å². The number of fused-ring (bicyclic) bond motifs is 1. The van der Waals surface area contributed by atoms with Crippen molar-refractivity contribution in [1.29, 1.82) is 0 Å². The highest BCUT2D eigenvalue weighted by molar-refractivity contribution is 5.88. The van der Waals surface area contributed by atoms with Gasteiger partial charge in [-0.25, -0.2) is 4.79 Å². The Labute approximate surface area is 108 Å². The summed E-state index contributed by atoms with van der Waals surface area (Å²) in [5.74, 6) is 0.498. The first kappa shape index (κ1) is 11.9. The molecule has 1 aliphatic heterocycles. The van der Waals surface area contributed by atoms with Gasteiger partial charge in [0.25, 0.3) is 0 Å². The first-order valence-corrected chi connectivity index (χ1v) is 5.88. The van der Waals surface area contributed by atoms with Crippen molar-refractivity contribution in [3.05, 3.63) is 40.2 Å². The average Bonchev–Trinajstić information content (AvgIpc) is 3.17. The highest BCUT2D eigenvalue weighted by Crippen LogP contribution is 2.46. The summed E-state index contributed by atoms with van der Waals surface area (Å²) in [6.45, 7) is 1.47. The number of rotatable bonds is 3. The molecular formula is C14H12O5. The molecule has 5 heteroatoms. The molecular weight excluding hydrogens is 248 g/mol. The van der Waals surface area contributed by atoms with E-state index < -0.39 is 17.8 Å². The van der Waals surface area contributed by atoms with Crippen LogP contribution in [0.1, 0.15) is 18.6 Å². The van der Waals surface area contributed by atoms with Gasteiger partial charge in [-0.05, 0) is 25.1 Å². The van der Waals surface area contributed by atoms with E-state index in [1.807, 2.05) is 0 Å². The van der Waals surface area contributed by atoms with Crippen LogP contribution in [0.2, 0.25) is 0 Å². The summed E-state index contributed by atoms with van der Waals surface area (Å²) < 4.78 is 15.9. The van der Waals surface area contributed by atoms with Crippen LogP contribution in [0.4, 0.5) is 0 Å². The topological polar surface area (TPSA) is 69.0 Å². The lowest BCUT2D eigenvalue weighted by Crippen LogP contribution is -2.04. The summed E-state index contributed by atoms with van der Waals surface area (Å²) in [7, 11) is 1.52. The molecule has 2 heterocycles. The van der Waals surface area contributed by atoms with Gasteiger partial charge >= 0.3 is 5.63 Å². The number of carbonyl (C=O) groups is 1. The predicted molar refractivity (Wildman–Crippen MR) is 67.3 cm³/mol. The zero-order valence-electron chi connectivity index (χ0n) is 10.5. The van der Waals surface area contributed by atoms with Gasteiger partial charge in [-0.15, -0.1) is 0 Å². The first-order chi connectivity index (χ1) is 9.11. The molecule has 98 valence electrons. The lowest BCUT2D eigenvalue weighted by atomic mass is 10.0. The molecule has 2 unspecified atom stereocenters. The lowest BCUT2D eigenvalue weighted by molar-refractivity contribution is -0.118. The van der Waals surface area contributed by atoms with Crippen LogP contribution in [0.25, 0.3) is 11.0 Å². The molecule has 5 nitrogen and oxygen atoms in total. The van der Waals surface area contributed by atoms with Crippen molar-refractivity contribution in [3.63, 3.8) is 0 Å². The Morgan fingerprint density at radius 1 is 1.26 bits per heavy atom. The monoisotopic (exact) mass is 260 g/mol. The average molecular weight is 260 g/mol. The van der Waals surface area contributed by atoms with E-state index in [4.69, 9.17) is 13.9 Å². The molecule has 1 fully saturated rings. The third-order valence-corrected chi connectivity index (χ3v) is 3.18. The van der Waals surface area contributed by atoms with Crippen LogP contribution in [0, 0.1) is 0 Å². The van der Waals surface area contributed by atoms with Gasteiger partial charge in [0.05, 0.1) is 12.7 Å². The zero-order chi connectivity index (χ0) is 13.6. The minimum absolute atomic E-state index is 0.0534. The van der Waals surface area contributed by atoms with E-state index in [2.05, 4.69) is 0 Å². The Morgan fingerprint density at radius 2 is 2.00 bits per heavy atom. The number of ketones is 1. The van der Waals surface area contributed by atoms with Crippen molar-refractivity contribution >= 4 is 16.8 Å². The van der Waals surface area contributed by atoms with Gasteiger partial charge in [-0.3, -0.25) is 4.79 Å². The van der Waals surface area contributed by atoms with E-state index in [-0.39, 0.29) is 5.78 Å². The van der Waals surface area contributed by atoms with Crippen molar-refractivity contribution in [1.82, 2.24) is 0 Å². The van der Waals surface area contributed by atoms with E-state index in [9.17, 15) is 9.59 Å². The van der Waals surface area contributed by atoms with Crippen LogP contribution in [-0.2, 0) is 9.53 Å². The number of hydrogen-bond acceptors (Lipinski definition) is 5. The second-order valence-corrected chi connectivity index (χ2v) is 4.44. The highest BCUT2D eigenvalue weighted by atomic mass is 16.6. The number of hydrogen-bond donors (Lipinski definition) is 0. The second kappa shape index (κ2) is 4.20. The summed E-state index contributed by atoms with van der Waals surface area (Å²) in [5.41, 5.74) is 0.598. The summed E-state index contributed by atoms with van der Waals surface area (Å²) in [6.07, 6.45) is -0.883. The number of benzene rings is 1. The Kier molecular flexibility index (Phi) is 2.64. The standard InChI is InChI=1S/C14H12O5/c1-7(15)12-14(19-12)11-9(17-2)5-3-8-4-6-10(16)18-13(8)11/h3-6,12,14H,1-2H3. The van der Waals surface area contributed by atoms with Crippen LogP contribution in [0.5, 0.6) is 5.75 Å². The van der Waals surface area contributed by atoms with Crippen LogP contribution in [-0.4, -0.2) is 19.0 Å². The maximum atomic E-state index is 11.4. The smallest absolute Gasteiger partial charge is 0.336 e. The first-order valence-electron chi connectivity index (χ1n) is 5.88. The van der Waals surface area contributed by atoms with E-state index >= 15 is 0 Å². The van der Waals surface area contributed by atoms with Gasteiger partial charge in [-0.1, -0.05) is 0 Å². The molecule has 1 aromatic carbocycles. The zero-order valence-corrected chi connectivity index (χ0v) is 10.5. The van der Waals surface area contributed by atoms with Crippen LogP contribution >= 0.6 is 0 Å². The fraction of sp³-hybridized carbons (Fsp3) is 0.286. The number of ether oxygens (including phenoxy) is 2. The fourth-order valence-corrected chi connectivity index (χ4v) is 2.22. The fourth-order valence-electron chi connectivity index (χ4n) is 2.22. The van der Waals surface area contributed by atoms with Gasteiger partial charge in [0, 0.05) is 11.5 Å². The number of methoxy groups -OCH3 is 1. The summed E-state index contributed by atoms with van der Waals surface area (Å²) in [6, 6.07) is 6.60. The normalized spacial score (nSPS) is 21.4. The molecule has 0 bridgehead atoms. The minimum atomic E-state index is -0.481. The molecule has 0 saturated carbocycles. The summed E-state index contributed by atoms with van der Waals surface area (Å²) in [4.78, 5) is 22.7. The third kappa shape index (κ3) is 1.92. The summed E-state index contributed by atoms with van der Waals surface area (Å²) >= 11 is 0. The quantitative estimate of drug-likeness (QED) is 0.622. The summed E-state index contributed by atoms with van der Waals surface area (Å²) in [5, 5.41) is 0.771. The maximum absolute atomic E-state index is 11.4. The number of Topliss-reactive ketones (excluding diaryl/α,β-unsaturated/α-hetero) is 1. The molecule has 2 aromatic rings. The third-order valence-electron chi connectivity index (χ3n) is 3.18. The Morgan fingerprint density at radius 3 is 2.63 bits per heavy atom. The van der Waals surface area contributed by atoms with Gasteiger partial charge in [-0.2, -0.15) is 0 Å². The van der Waals surface area contributed by atoms with Crippen LogP contribution in [0.3, 0.4) is 0 Å². The molecule has 1 aromatic heterocycles. The largest absolute Gasteiger partial charge is 0.496 e. The Bertz CT molecular complexity index is 715. The number of epoxide rings is 1. The van der Waals surface area contributed by atoms with E-state index in [0.717, 1.165) is 5.39 Å². The SMILES string of the molecule is COc1ccc2ccc(=O)oc2c1C1OC1C(C)=O. The van der Waals surface area contributed by atoms with Crippen molar-refractivity contribution in [2.75, 3.05) is 7.11 Å². The molecule has 19 heavy (non-hydrogen) atoms. The Hall–Kier alpha value is -2.14. The minimum Gasteiger partial charge on any atom is -0.496 e. The van der Waals surface area contributed by atoms with Crippen molar-refractivity contribution in [2.45, 2.75) is 19.1 Å². The number of carbonyl (C=O) groups excluding carboxylic acids is 1. The Balaban J connectivity index is 2.22. The highest BCUT2D eigenvalue weighted by Gasteiger charge is 2.47. The van der Waals surface area contributed by atoms with Gasteiger partial charge in [0.1, 0.15) is 23.5 Å². The molecule has 1 saturated heterocycles. The molecule has 0 radical (unpaired) electrons. The molecule has 0 aliphatic carbocycles. The molecule has 3 rings (SSSR count). The van der Waals surface area contributed by atoms with Crippen molar-refractivity contribution < 1.29 is 18.7 Å². The predicted octanol–water partition coefficient (Wildman–Crippen LogP) is 1.83. The molecule has 1 aliphatic rings. The maximum Gasteiger partial charge on any atom is 0.336 e. The molecule has 0 spiro atoms. The second-order valence-electron chi connectivity index (χ2n) is 4.44. The van der Waals surface area contributed by atoms with Crippen molar-refractivity contribution in [3.8, 4) is 5.75 Å². The van der Waals surface area contributed by atoms with Gasteiger partial charge in [0.2, 0.25) is 0 Å². The van der Waals surface area contributed by atoms with Gasteiger partial charge < -0.3 is 13.9 Å². The molecule has 2 atom stereocenters. The van der Waals surface area contributed by atoms with Gasteiger partial charge in [0.15, 0.2) is 5.78 Å².